The SMILES string of the molecule is Cc1ccc(C)c(S(=O)(=O)N2C[C@@H](C(=O)NCc3ccccc3)Oc3ccccc32)c1. The Bertz CT molecular complexity index is 1210. The highest BCUT2D eigenvalue weighted by Crippen LogP contribution is 2.37. The molecular formula is C24H24N2O4S. The van der Waals surface area contributed by atoms with Crippen LogP contribution >= 0.6 is 0 Å². The molecule has 0 bridgehead atoms. The summed E-state index contributed by atoms with van der Waals surface area (Å²) in [6.07, 6.45) is -0.960. The smallest absolute Gasteiger partial charge is 0.264 e. The Balaban J connectivity index is 1.64. The Morgan fingerprint density at radius 2 is 1.74 bits per heavy atom. The number of hydrogen-bond donors (Lipinski definition) is 1. The van der Waals surface area contributed by atoms with Crippen molar-refractivity contribution in [2.24, 2.45) is 0 Å². The highest BCUT2D eigenvalue weighted by atomic mass is 32.2. The lowest BCUT2D eigenvalue weighted by atomic mass is 10.2. The van der Waals surface area contributed by atoms with Crippen LogP contribution < -0.4 is 14.4 Å². The minimum Gasteiger partial charge on any atom is -0.476 e. The summed E-state index contributed by atoms with van der Waals surface area (Å²) < 4.78 is 34.4. The van der Waals surface area contributed by atoms with Crippen LogP contribution in [-0.2, 0) is 21.4 Å². The van der Waals surface area contributed by atoms with Crippen molar-refractivity contribution in [3.8, 4) is 5.75 Å². The number of nitrogens with one attached hydrogen (secondary N) is 1. The molecular weight excluding hydrogens is 412 g/mol. The van der Waals surface area contributed by atoms with E-state index in [0.29, 0.717) is 23.5 Å². The average molecular weight is 437 g/mol. The Labute approximate surface area is 182 Å². The number of nitrogens with zero attached hydrogens (tertiary/aromatic N) is 1. The van der Waals surface area contributed by atoms with Gasteiger partial charge in [-0.25, -0.2) is 8.42 Å². The van der Waals surface area contributed by atoms with Crippen LogP contribution in [0.3, 0.4) is 0 Å². The van der Waals surface area contributed by atoms with Crippen molar-refractivity contribution in [2.45, 2.75) is 31.4 Å². The molecule has 0 aromatic heterocycles. The van der Waals surface area contributed by atoms with Crippen molar-refractivity contribution in [3.05, 3.63) is 89.5 Å². The van der Waals surface area contributed by atoms with Gasteiger partial charge in [-0.05, 0) is 48.7 Å². The normalized spacial score (nSPS) is 15.7. The first-order valence-corrected chi connectivity index (χ1v) is 11.5. The van der Waals surface area contributed by atoms with Crippen LogP contribution in [0.25, 0.3) is 0 Å². The first-order chi connectivity index (χ1) is 14.9. The minimum absolute atomic E-state index is 0.104. The van der Waals surface area contributed by atoms with Crippen LogP contribution in [0.5, 0.6) is 5.75 Å². The summed E-state index contributed by atoms with van der Waals surface area (Å²) in [4.78, 5) is 13.1. The zero-order valence-corrected chi connectivity index (χ0v) is 18.2. The number of sulfonamides is 1. The fourth-order valence-corrected chi connectivity index (χ4v) is 5.36. The van der Waals surface area contributed by atoms with Gasteiger partial charge in [-0.1, -0.05) is 54.6 Å². The van der Waals surface area contributed by atoms with Gasteiger partial charge >= 0.3 is 0 Å². The van der Waals surface area contributed by atoms with Crippen molar-refractivity contribution in [2.75, 3.05) is 10.8 Å². The summed E-state index contributed by atoms with van der Waals surface area (Å²) in [5.41, 5.74) is 2.88. The van der Waals surface area contributed by atoms with E-state index >= 15 is 0 Å². The number of aryl methyl sites for hydroxylation is 2. The van der Waals surface area contributed by atoms with Crippen molar-refractivity contribution >= 4 is 21.6 Å². The molecule has 3 aromatic rings. The zero-order chi connectivity index (χ0) is 22.0. The number of ether oxygens (including phenoxy) is 1. The van der Waals surface area contributed by atoms with Gasteiger partial charge in [-0.3, -0.25) is 9.10 Å². The van der Waals surface area contributed by atoms with Gasteiger partial charge in [-0.15, -0.1) is 0 Å². The Morgan fingerprint density at radius 1 is 1.03 bits per heavy atom. The van der Waals surface area contributed by atoms with Gasteiger partial charge in [0.05, 0.1) is 17.1 Å². The molecule has 31 heavy (non-hydrogen) atoms. The maximum atomic E-state index is 13.6. The lowest BCUT2D eigenvalue weighted by molar-refractivity contribution is -0.127. The summed E-state index contributed by atoms with van der Waals surface area (Å²) in [5, 5.41) is 2.85. The molecule has 1 N–H and O–H groups in total. The van der Waals surface area contributed by atoms with E-state index in [9.17, 15) is 13.2 Å². The van der Waals surface area contributed by atoms with Gasteiger partial charge in [0.2, 0.25) is 0 Å². The number of rotatable bonds is 5. The van der Waals surface area contributed by atoms with E-state index in [4.69, 9.17) is 4.74 Å². The number of anilines is 1. The van der Waals surface area contributed by atoms with Gasteiger partial charge in [0.1, 0.15) is 5.75 Å². The minimum atomic E-state index is -3.89. The first-order valence-electron chi connectivity index (χ1n) is 10.0. The number of amides is 1. The average Bonchev–Trinajstić information content (AvgIpc) is 2.78. The molecule has 0 saturated heterocycles. The van der Waals surface area contributed by atoms with Crippen LogP contribution in [-0.4, -0.2) is 27.0 Å². The van der Waals surface area contributed by atoms with Crippen LogP contribution in [0.15, 0.2) is 77.7 Å². The third-order valence-corrected chi connectivity index (χ3v) is 7.17. The Kier molecular flexibility index (Phi) is 5.69. The number of hydrogen-bond acceptors (Lipinski definition) is 4. The highest BCUT2D eigenvalue weighted by molar-refractivity contribution is 7.93. The molecule has 4 rings (SSSR count). The predicted octanol–water partition coefficient (Wildman–Crippen LogP) is 3.58. The zero-order valence-electron chi connectivity index (χ0n) is 17.4. The van der Waals surface area contributed by atoms with Crippen LogP contribution in [0.4, 0.5) is 5.69 Å². The van der Waals surface area contributed by atoms with Crippen molar-refractivity contribution in [3.63, 3.8) is 0 Å². The van der Waals surface area contributed by atoms with E-state index < -0.39 is 16.1 Å². The lowest BCUT2D eigenvalue weighted by Crippen LogP contribution is -2.50. The van der Waals surface area contributed by atoms with E-state index in [1.165, 1.54) is 4.31 Å². The van der Waals surface area contributed by atoms with Crippen molar-refractivity contribution < 1.29 is 17.9 Å². The summed E-state index contributed by atoms with van der Waals surface area (Å²) in [6.45, 7) is 3.85. The van der Waals surface area contributed by atoms with Crippen LogP contribution in [0.1, 0.15) is 16.7 Å². The Hall–Kier alpha value is -3.32. The fourth-order valence-electron chi connectivity index (χ4n) is 3.57. The second kappa shape index (κ2) is 8.43. The standard InChI is InChI=1S/C24H24N2O4S/c1-17-12-13-18(2)23(14-17)31(28,29)26-16-22(30-21-11-7-6-10-20(21)26)24(27)25-15-19-8-4-3-5-9-19/h3-14,22H,15-16H2,1-2H3,(H,25,27)/t22-/m0/s1. The van der Waals surface area contributed by atoms with Gasteiger partial charge in [-0.2, -0.15) is 0 Å². The van der Waals surface area contributed by atoms with E-state index in [-0.39, 0.29) is 17.3 Å². The quantitative estimate of drug-likeness (QED) is 0.663. The summed E-state index contributed by atoms with van der Waals surface area (Å²) in [5.74, 6) is 0.00186. The molecule has 6 nitrogen and oxygen atoms in total. The molecule has 0 spiro atoms. The van der Waals surface area contributed by atoms with Crippen LogP contribution in [0.2, 0.25) is 0 Å². The molecule has 160 valence electrons. The third-order valence-electron chi connectivity index (χ3n) is 5.25. The second-order valence-corrected chi connectivity index (χ2v) is 9.41. The molecule has 0 saturated carbocycles. The molecule has 1 amide bonds. The predicted molar refractivity (Wildman–Crippen MR) is 120 cm³/mol. The van der Waals surface area contributed by atoms with Crippen LogP contribution in [0, 0.1) is 13.8 Å². The van der Waals surface area contributed by atoms with Gasteiger partial charge in [0, 0.05) is 6.54 Å². The maximum Gasteiger partial charge on any atom is 0.264 e. The molecule has 1 atom stereocenters. The fraction of sp³-hybridized carbons (Fsp3) is 0.208. The van der Waals surface area contributed by atoms with Crippen molar-refractivity contribution in [1.29, 1.82) is 0 Å². The summed E-state index contributed by atoms with van der Waals surface area (Å²) in [7, 11) is -3.89. The summed E-state index contributed by atoms with van der Waals surface area (Å²) >= 11 is 0. The first kappa shape index (κ1) is 20.9. The molecule has 0 unspecified atom stereocenters. The van der Waals surface area contributed by atoms with E-state index in [2.05, 4.69) is 5.32 Å². The molecule has 0 radical (unpaired) electrons. The van der Waals surface area contributed by atoms with Gasteiger partial charge < -0.3 is 10.1 Å². The maximum absolute atomic E-state index is 13.6. The topological polar surface area (TPSA) is 75.7 Å². The number of para-hydroxylation sites is 2. The molecule has 0 fully saturated rings. The molecule has 1 heterocycles. The highest BCUT2D eigenvalue weighted by Gasteiger charge is 2.37. The molecule has 1 aliphatic heterocycles. The number of benzene rings is 3. The van der Waals surface area contributed by atoms with E-state index in [1.807, 2.05) is 43.3 Å². The summed E-state index contributed by atoms with van der Waals surface area (Å²) in [6, 6.07) is 21.7. The lowest BCUT2D eigenvalue weighted by Gasteiger charge is -2.35. The molecule has 3 aromatic carbocycles. The third kappa shape index (κ3) is 4.27. The molecule has 0 aliphatic carbocycles. The second-order valence-electron chi connectivity index (χ2n) is 7.58. The largest absolute Gasteiger partial charge is 0.476 e. The van der Waals surface area contributed by atoms with Gasteiger partial charge in [0.15, 0.2) is 6.10 Å². The van der Waals surface area contributed by atoms with Gasteiger partial charge in [0.25, 0.3) is 15.9 Å². The molecule has 1 aliphatic rings. The Morgan fingerprint density at radius 3 is 2.52 bits per heavy atom. The number of fused-ring (bicyclic) bond motifs is 1. The van der Waals surface area contributed by atoms with E-state index in [0.717, 1.165) is 11.1 Å². The van der Waals surface area contributed by atoms with Crippen molar-refractivity contribution in [1.82, 2.24) is 5.32 Å². The number of carbonyl (C=O) groups is 1. The monoisotopic (exact) mass is 436 g/mol. The van der Waals surface area contributed by atoms with E-state index in [1.54, 1.807) is 43.3 Å². The number of carbonyl (C=O) groups excluding carboxylic acids is 1. The molecule has 7 heteroatoms.